The first-order valence-electron chi connectivity index (χ1n) is 12.4. The van der Waals surface area contributed by atoms with Crippen LogP contribution in [0, 0.1) is 26.1 Å². The van der Waals surface area contributed by atoms with Crippen molar-refractivity contribution in [1.29, 1.82) is 0 Å². The highest BCUT2D eigenvalue weighted by Gasteiger charge is 2.28. The smallest absolute Gasteiger partial charge is 0.299 e. The number of benzene rings is 1. The Morgan fingerprint density at radius 1 is 1.03 bits per heavy atom. The van der Waals surface area contributed by atoms with Crippen LogP contribution in [0.1, 0.15) is 56.8 Å². The molecule has 0 saturated heterocycles. The van der Waals surface area contributed by atoms with Crippen molar-refractivity contribution in [2.45, 2.75) is 46.5 Å². The summed E-state index contributed by atoms with van der Waals surface area (Å²) < 4.78 is 0. The van der Waals surface area contributed by atoms with Crippen LogP contribution in [-0.2, 0) is 4.79 Å². The van der Waals surface area contributed by atoms with Crippen molar-refractivity contribution in [3.63, 3.8) is 0 Å². The first-order chi connectivity index (χ1) is 18.2. The van der Waals surface area contributed by atoms with Crippen LogP contribution in [0.3, 0.4) is 0 Å². The molecule has 2 amide bonds. The number of aromatic nitrogens is 1. The third-order valence-electron chi connectivity index (χ3n) is 5.84. The summed E-state index contributed by atoms with van der Waals surface area (Å²) in [6.07, 6.45) is 6.70. The molecule has 204 valence electrons. The van der Waals surface area contributed by atoms with Gasteiger partial charge in [-0.3, -0.25) is 34.8 Å². The van der Waals surface area contributed by atoms with Crippen LogP contribution >= 0.6 is 0 Å². The second-order valence-electron chi connectivity index (χ2n) is 8.70. The number of hydrogen-bond donors (Lipinski definition) is 2. The van der Waals surface area contributed by atoms with Gasteiger partial charge in [-0.1, -0.05) is 26.7 Å². The van der Waals surface area contributed by atoms with E-state index < -0.39 is 39.0 Å². The quantitative estimate of drug-likeness (QED) is 0.197. The SMILES string of the molecule is CCCCN(CCCC)C[C@H](C(=O)Nc1ccc([N+](=O)[O-])cc1[N+](=O)[O-])/C(C)=N\NC(=O)c1ccncc1. The number of pyridine rings is 1. The van der Waals surface area contributed by atoms with Crippen LogP contribution < -0.4 is 10.7 Å². The highest BCUT2D eigenvalue weighted by Crippen LogP contribution is 2.29. The molecule has 1 atom stereocenters. The zero-order chi connectivity index (χ0) is 28.1. The molecule has 1 aromatic carbocycles. The third kappa shape index (κ3) is 9.00. The molecule has 13 heteroatoms. The van der Waals surface area contributed by atoms with Gasteiger partial charge in [0.25, 0.3) is 17.3 Å². The number of nitrogens with one attached hydrogen (secondary N) is 2. The summed E-state index contributed by atoms with van der Waals surface area (Å²) in [5.41, 5.74) is 1.85. The number of nitrogens with zero attached hydrogens (tertiary/aromatic N) is 5. The maximum atomic E-state index is 13.4. The summed E-state index contributed by atoms with van der Waals surface area (Å²) >= 11 is 0. The summed E-state index contributed by atoms with van der Waals surface area (Å²) in [6.45, 7) is 7.49. The zero-order valence-electron chi connectivity index (χ0n) is 21.8. The van der Waals surface area contributed by atoms with Crippen LogP contribution in [0.4, 0.5) is 17.1 Å². The summed E-state index contributed by atoms with van der Waals surface area (Å²) in [5, 5.41) is 29.3. The summed E-state index contributed by atoms with van der Waals surface area (Å²) in [6, 6.07) is 6.07. The van der Waals surface area contributed by atoms with Gasteiger partial charge in [-0.05, 0) is 51.1 Å². The van der Waals surface area contributed by atoms with Crippen LogP contribution in [-0.4, -0.2) is 56.9 Å². The monoisotopic (exact) mass is 527 g/mol. The third-order valence-corrected chi connectivity index (χ3v) is 5.84. The maximum absolute atomic E-state index is 13.4. The average molecular weight is 528 g/mol. The minimum Gasteiger partial charge on any atom is -0.320 e. The minimum atomic E-state index is -0.865. The Hall–Kier alpha value is -4.26. The Morgan fingerprint density at radius 3 is 2.21 bits per heavy atom. The van der Waals surface area contributed by atoms with Gasteiger partial charge in [0.1, 0.15) is 5.69 Å². The molecular weight excluding hydrogens is 494 g/mol. The van der Waals surface area contributed by atoms with Crippen LogP contribution in [0.15, 0.2) is 47.8 Å². The lowest BCUT2D eigenvalue weighted by atomic mass is 10.0. The molecule has 38 heavy (non-hydrogen) atoms. The van der Waals surface area contributed by atoms with Gasteiger partial charge >= 0.3 is 0 Å². The van der Waals surface area contributed by atoms with Crippen LogP contribution in [0.2, 0.25) is 0 Å². The summed E-state index contributed by atoms with van der Waals surface area (Å²) in [5.74, 6) is -1.93. The molecule has 2 rings (SSSR count). The van der Waals surface area contributed by atoms with Crippen molar-refractivity contribution < 1.29 is 19.4 Å². The van der Waals surface area contributed by atoms with Crippen molar-refractivity contribution in [2.75, 3.05) is 25.0 Å². The number of hydrazone groups is 1. The fourth-order valence-electron chi connectivity index (χ4n) is 3.62. The lowest BCUT2D eigenvalue weighted by Crippen LogP contribution is -2.41. The molecular formula is C25H33N7O6. The lowest BCUT2D eigenvalue weighted by molar-refractivity contribution is -0.393. The number of nitro benzene ring substituents is 2. The van der Waals surface area contributed by atoms with E-state index in [-0.39, 0.29) is 12.2 Å². The minimum absolute atomic E-state index is 0.169. The summed E-state index contributed by atoms with van der Waals surface area (Å²) in [7, 11) is 0. The molecule has 13 nitrogen and oxygen atoms in total. The Morgan fingerprint density at radius 2 is 1.66 bits per heavy atom. The van der Waals surface area contributed by atoms with Crippen LogP contribution in [0.5, 0.6) is 0 Å². The van der Waals surface area contributed by atoms with Gasteiger partial charge in [0.05, 0.1) is 21.8 Å². The van der Waals surface area contributed by atoms with E-state index >= 15 is 0 Å². The lowest BCUT2D eigenvalue weighted by Gasteiger charge is -2.27. The van der Waals surface area contributed by atoms with Gasteiger partial charge in [0, 0.05) is 36.3 Å². The maximum Gasteiger partial charge on any atom is 0.299 e. The molecule has 0 aliphatic rings. The number of non-ortho nitro benzene ring substituents is 1. The van der Waals surface area contributed by atoms with E-state index in [1.165, 1.54) is 24.5 Å². The van der Waals surface area contributed by atoms with E-state index in [9.17, 15) is 29.8 Å². The van der Waals surface area contributed by atoms with Gasteiger partial charge in [-0.15, -0.1) is 0 Å². The molecule has 1 aromatic heterocycles. The molecule has 0 aliphatic carbocycles. The molecule has 0 aliphatic heterocycles. The standard InChI is InChI=1S/C25H33N7O6/c1-4-6-14-30(15-7-5-2)17-21(18(3)28-29-24(33)19-10-12-26-13-11-19)25(34)27-22-9-8-20(31(35)36)16-23(22)32(37)38/h8-13,16,21H,4-7,14-15,17H2,1-3H3,(H,27,34)(H,29,33)/b28-18-/t21-/m0/s1. The van der Waals surface area contributed by atoms with Crippen molar-refractivity contribution in [2.24, 2.45) is 11.0 Å². The number of hydrogen-bond acceptors (Lipinski definition) is 9. The fourth-order valence-corrected chi connectivity index (χ4v) is 3.62. The topological polar surface area (TPSA) is 173 Å². The van der Waals surface area contributed by atoms with E-state index in [4.69, 9.17) is 0 Å². The van der Waals surface area contributed by atoms with E-state index in [1.54, 1.807) is 6.92 Å². The molecule has 0 radical (unpaired) electrons. The van der Waals surface area contributed by atoms with E-state index in [1.807, 2.05) is 0 Å². The molecule has 2 aromatic rings. The number of amides is 2. The Bertz CT molecular complexity index is 1150. The Balaban J connectivity index is 2.35. The number of unbranched alkanes of at least 4 members (excludes halogenated alkanes) is 2. The zero-order valence-corrected chi connectivity index (χ0v) is 21.8. The van der Waals surface area contributed by atoms with Crippen molar-refractivity contribution >= 4 is 34.6 Å². The van der Waals surface area contributed by atoms with Gasteiger partial charge in [-0.2, -0.15) is 5.10 Å². The highest BCUT2D eigenvalue weighted by molar-refractivity contribution is 6.09. The predicted octanol–water partition coefficient (Wildman–Crippen LogP) is 4.16. The predicted molar refractivity (Wildman–Crippen MR) is 143 cm³/mol. The molecule has 2 N–H and O–H groups in total. The van der Waals surface area contributed by atoms with Crippen molar-refractivity contribution in [3.8, 4) is 0 Å². The Labute approximate surface area is 220 Å². The average Bonchev–Trinajstić information content (AvgIpc) is 2.91. The number of nitro groups is 2. The van der Waals surface area contributed by atoms with Gasteiger partial charge in [-0.25, -0.2) is 5.43 Å². The molecule has 0 saturated carbocycles. The van der Waals surface area contributed by atoms with Crippen molar-refractivity contribution in [1.82, 2.24) is 15.3 Å². The first kappa shape index (κ1) is 30.0. The van der Waals surface area contributed by atoms with Gasteiger partial charge in [0.15, 0.2) is 0 Å². The summed E-state index contributed by atoms with van der Waals surface area (Å²) in [4.78, 5) is 53.0. The van der Waals surface area contributed by atoms with Crippen molar-refractivity contribution in [3.05, 3.63) is 68.5 Å². The van der Waals surface area contributed by atoms with E-state index in [2.05, 4.69) is 39.6 Å². The second-order valence-corrected chi connectivity index (χ2v) is 8.70. The number of carbonyl (C=O) groups excluding carboxylic acids is 2. The number of carbonyl (C=O) groups is 2. The molecule has 0 spiro atoms. The van der Waals surface area contributed by atoms with Gasteiger partial charge in [0.2, 0.25) is 5.91 Å². The second kappa shape index (κ2) is 15.1. The van der Waals surface area contributed by atoms with Crippen LogP contribution in [0.25, 0.3) is 0 Å². The normalized spacial score (nSPS) is 12.2. The largest absolute Gasteiger partial charge is 0.320 e. The number of rotatable bonds is 15. The van der Waals surface area contributed by atoms with E-state index in [0.717, 1.165) is 57.0 Å². The van der Waals surface area contributed by atoms with E-state index in [0.29, 0.717) is 11.3 Å². The fraction of sp³-hybridized carbons (Fsp3) is 0.440. The Kier molecular flexibility index (Phi) is 11.9. The molecule has 1 heterocycles. The van der Waals surface area contributed by atoms with Gasteiger partial charge < -0.3 is 10.2 Å². The highest BCUT2D eigenvalue weighted by atomic mass is 16.6. The first-order valence-corrected chi connectivity index (χ1v) is 12.4. The molecule has 0 unspecified atom stereocenters. The molecule has 0 fully saturated rings. The number of anilines is 1. The molecule has 0 bridgehead atoms.